The monoisotopic (exact) mass is 375 g/mol. The average Bonchev–Trinajstić information content (AvgIpc) is 3.27. The van der Waals surface area contributed by atoms with Gasteiger partial charge < -0.3 is 9.64 Å². The van der Waals surface area contributed by atoms with E-state index in [1.54, 1.807) is 15.8 Å². The maximum absolute atomic E-state index is 13.3. The fourth-order valence-corrected chi connectivity index (χ4v) is 5.13. The molecule has 3 heterocycles. The Morgan fingerprint density at radius 3 is 2.92 bits per heavy atom. The van der Waals surface area contributed by atoms with Gasteiger partial charge in [-0.15, -0.1) is 0 Å². The van der Waals surface area contributed by atoms with Crippen LogP contribution in [0, 0.1) is 0 Å². The smallest absolute Gasteiger partial charge is 0.234 e. The molecule has 1 amide bonds. The lowest BCUT2D eigenvalue weighted by molar-refractivity contribution is -0.135. The Morgan fingerprint density at radius 2 is 2.15 bits per heavy atom. The van der Waals surface area contributed by atoms with E-state index in [-0.39, 0.29) is 24.0 Å². The summed E-state index contributed by atoms with van der Waals surface area (Å²) in [6.45, 7) is 3.14. The highest BCUT2D eigenvalue weighted by Crippen LogP contribution is 2.37. The van der Waals surface area contributed by atoms with E-state index in [1.807, 2.05) is 37.4 Å². The zero-order chi connectivity index (χ0) is 18.3. The third kappa shape index (κ3) is 2.98. The Bertz CT molecular complexity index is 937. The van der Waals surface area contributed by atoms with Crippen LogP contribution >= 0.6 is 0 Å². The Labute approximate surface area is 152 Å². The summed E-state index contributed by atoms with van der Waals surface area (Å²) in [4.78, 5) is 14.9. The molecule has 4 rings (SSSR count). The fourth-order valence-electron chi connectivity index (χ4n) is 3.64. The number of carbonyl (C=O) groups excluding carboxylic acids is 1. The van der Waals surface area contributed by atoms with Crippen LogP contribution in [0.4, 0.5) is 0 Å². The standard InChI is InChI=1S/C18H21N3O4S/c1-2-20-10-13(9-19-20)16-12-26(23,24)8-7-21(16)18(22)15-11-25-17-6-4-3-5-14(15)17/h3-6,9-10,15-16H,2,7-8,11-12H2,1H3/t15-,16+/m1/s1. The summed E-state index contributed by atoms with van der Waals surface area (Å²) < 4.78 is 31.8. The SMILES string of the molecule is CCn1cc([C@@H]2CS(=O)(=O)CCN2C(=O)[C@@H]2COc3ccccc32)cn1. The molecule has 26 heavy (non-hydrogen) atoms. The van der Waals surface area contributed by atoms with Gasteiger partial charge in [-0.2, -0.15) is 5.10 Å². The number of ether oxygens (including phenoxy) is 1. The lowest BCUT2D eigenvalue weighted by atomic mass is 9.98. The van der Waals surface area contributed by atoms with Crippen LogP contribution < -0.4 is 4.74 Å². The second-order valence-corrected chi connectivity index (χ2v) is 8.92. The van der Waals surface area contributed by atoms with Crippen molar-refractivity contribution in [3.8, 4) is 5.75 Å². The number of nitrogens with zero attached hydrogens (tertiary/aromatic N) is 3. The van der Waals surface area contributed by atoms with E-state index in [0.717, 1.165) is 16.9 Å². The van der Waals surface area contributed by atoms with E-state index in [0.29, 0.717) is 13.2 Å². The lowest BCUT2D eigenvalue weighted by Gasteiger charge is -2.36. The van der Waals surface area contributed by atoms with Crippen LogP contribution in [-0.2, 0) is 21.2 Å². The minimum Gasteiger partial charge on any atom is -0.492 e. The number of hydrogen-bond acceptors (Lipinski definition) is 5. The highest BCUT2D eigenvalue weighted by Gasteiger charge is 2.41. The molecule has 0 spiro atoms. The summed E-state index contributed by atoms with van der Waals surface area (Å²) in [6.07, 6.45) is 3.49. The normalized spacial score (nSPS) is 24.1. The van der Waals surface area contributed by atoms with Crippen LogP contribution in [0.15, 0.2) is 36.7 Å². The second-order valence-electron chi connectivity index (χ2n) is 6.69. The van der Waals surface area contributed by atoms with E-state index in [4.69, 9.17) is 4.74 Å². The molecule has 7 nitrogen and oxygen atoms in total. The van der Waals surface area contributed by atoms with E-state index < -0.39 is 21.8 Å². The first-order chi connectivity index (χ1) is 12.5. The molecule has 2 aliphatic rings. The van der Waals surface area contributed by atoms with Crippen LogP contribution in [0.1, 0.15) is 30.0 Å². The van der Waals surface area contributed by atoms with Crippen molar-refractivity contribution in [3.63, 3.8) is 0 Å². The summed E-state index contributed by atoms with van der Waals surface area (Å²) >= 11 is 0. The van der Waals surface area contributed by atoms with E-state index >= 15 is 0 Å². The van der Waals surface area contributed by atoms with Crippen LogP contribution in [0.5, 0.6) is 5.75 Å². The predicted octanol–water partition coefficient (Wildman–Crippen LogP) is 1.38. The Morgan fingerprint density at radius 1 is 1.35 bits per heavy atom. The van der Waals surface area contributed by atoms with Gasteiger partial charge in [0.05, 0.1) is 23.7 Å². The fraction of sp³-hybridized carbons (Fsp3) is 0.444. The van der Waals surface area contributed by atoms with Crippen LogP contribution in [-0.4, -0.2) is 53.7 Å². The number of amides is 1. The molecular formula is C18H21N3O4S. The molecule has 1 fully saturated rings. The molecule has 8 heteroatoms. The molecule has 1 saturated heterocycles. The molecule has 2 aromatic rings. The van der Waals surface area contributed by atoms with Gasteiger partial charge in [0.2, 0.25) is 5.91 Å². The number of para-hydroxylation sites is 1. The number of aryl methyl sites for hydroxylation is 1. The third-order valence-corrected chi connectivity index (χ3v) is 6.70. The largest absolute Gasteiger partial charge is 0.492 e. The van der Waals surface area contributed by atoms with Crippen molar-refractivity contribution in [2.45, 2.75) is 25.4 Å². The number of sulfone groups is 1. The van der Waals surface area contributed by atoms with Crippen molar-refractivity contribution in [3.05, 3.63) is 47.8 Å². The molecule has 0 radical (unpaired) electrons. The van der Waals surface area contributed by atoms with Crippen molar-refractivity contribution in [1.82, 2.24) is 14.7 Å². The molecule has 1 aromatic carbocycles. The molecule has 0 unspecified atom stereocenters. The Kier molecular flexibility index (Phi) is 4.22. The summed E-state index contributed by atoms with van der Waals surface area (Å²) in [5.41, 5.74) is 1.63. The Balaban J connectivity index is 1.66. The molecule has 0 N–H and O–H groups in total. The van der Waals surface area contributed by atoms with Crippen molar-refractivity contribution in [1.29, 1.82) is 0 Å². The van der Waals surface area contributed by atoms with Crippen molar-refractivity contribution < 1.29 is 17.9 Å². The molecule has 0 bridgehead atoms. The Hall–Kier alpha value is -2.35. The van der Waals surface area contributed by atoms with Gasteiger partial charge in [-0.3, -0.25) is 9.48 Å². The first-order valence-corrected chi connectivity index (χ1v) is 10.6. The maximum Gasteiger partial charge on any atom is 0.234 e. The van der Waals surface area contributed by atoms with Gasteiger partial charge in [0, 0.05) is 30.4 Å². The summed E-state index contributed by atoms with van der Waals surface area (Å²) in [7, 11) is -3.19. The topological polar surface area (TPSA) is 81.5 Å². The molecular weight excluding hydrogens is 354 g/mol. The van der Waals surface area contributed by atoms with Gasteiger partial charge in [0.15, 0.2) is 9.84 Å². The summed E-state index contributed by atoms with van der Waals surface area (Å²) in [5.74, 6) is 0.177. The molecule has 1 aromatic heterocycles. The van der Waals surface area contributed by atoms with Crippen LogP contribution in [0.2, 0.25) is 0 Å². The van der Waals surface area contributed by atoms with Crippen LogP contribution in [0.3, 0.4) is 0 Å². The first-order valence-electron chi connectivity index (χ1n) is 8.73. The number of hydrogen-bond donors (Lipinski definition) is 0. The number of aromatic nitrogens is 2. The minimum atomic E-state index is -3.19. The number of fused-ring (bicyclic) bond motifs is 1. The number of benzene rings is 1. The molecule has 2 aliphatic heterocycles. The number of carbonyl (C=O) groups is 1. The quantitative estimate of drug-likeness (QED) is 0.809. The lowest BCUT2D eigenvalue weighted by Crippen LogP contribution is -2.48. The summed E-state index contributed by atoms with van der Waals surface area (Å²) in [5, 5.41) is 4.24. The van der Waals surface area contributed by atoms with Gasteiger partial charge in [0.25, 0.3) is 0 Å². The third-order valence-electron chi connectivity index (χ3n) is 5.07. The average molecular weight is 375 g/mol. The predicted molar refractivity (Wildman–Crippen MR) is 95.7 cm³/mol. The highest BCUT2D eigenvalue weighted by molar-refractivity contribution is 7.91. The van der Waals surface area contributed by atoms with E-state index in [1.165, 1.54) is 0 Å². The molecule has 0 saturated carbocycles. The van der Waals surface area contributed by atoms with E-state index in [2.05, 4.69) is 5.10 Å². The van der Waals surface area contributed by atoms with Gasteiger partial charge in [0.1, 0.15) is 18.3 Å². The van der Waals surface area contributed by atoms with Crippen molar-refractivity contribution in [2.24, 2.45) is 0 Å². The molecule has 138 valence electrons. The second kappa shape index (κ2) is 6.42. The van der Waals surface area contributed by atoms with Gasteiger partial charge in [-0.1, -0.05) is 18.2 Å². The van der Waals surface area contributed by atoms with E-state index in [9.17, 15) is 13.2 Å². The molecule has 2 atom stereocenters. The van der Waals surface area contributed by atoms with Gasteiger partial charge in [-0.05, 0) is 13.0 Å². The van der Waals surface area contributed by atoms with Crippen molar-refractivity contribution in [2.75, 3.05) is 24.7 Å². The first kappa shape index (κ1) is 17.1. The zero-order valence-corrected chi connectivity index (χ0v) is 15.4. The maximum atomic E-state index is 13.3. The minimum absolute atomic E-state index is 0.00756. The van der Waals surface area contributed by atoms with Crippen LogP contribution in [0.25, 0.3) is 0 Å². The van der Waals surface area contributed by atoms with Crippen molar-refractivity contribution >= 4 is 15.7 Å². The summed E-state index contributed by atoms with van der Waals surface area (Å²) in [6, 6.07) is 7.01. The van der Waals surface area contributed by atoms with Gasteiger partial charge in [-0.25, -0.2) is 8.42 Å². The van der Waals surface area contributed by atoms with Gasteiger partial charge >= 0.3 is 0 Å². The molecule has 0 aliphatic carbocycles. The zero-order valence-electron chi connectivity index (χ0n) is 14.5. The number of rotatable bonds is 3. The highest BCUT2D eigenvalue weighted by atomic mass is 32.2.